The largest absolute Gasteiger partial charge is 0.493 e. The molecule has 160 valence electrons. The van der Waals surface area contributed by atoms with Gasteiger partial charge in [-0.2, -0.15) is 4.31 Å². The van der Waals surface area contributed by atoms with Gasteiger partial charge in [0.15, 0.2) is 17.3 Å². The molecule has 2 aromatic carbocycles. The van der Waals surface area contributed by atoms with E-state index in [4.69, 9.17) is 25.8 Å². The van der Waals surface area contributed by atoms with Gasteiger partial charge in [-0.15, -0.1) is 0 Å². The van der Waals surface area contributed by atoms with E-state index in [1.165, 1.54) is 30.7 Å². The number of nitrogens with zero attached hydrogens (tertiary/aromatic N) is 1. The van der Waals surface area contributed by atoms with Crippen LogP contribution in [0.15, 0.2) is 41.3 Å². The molecule has 0 saturated carbocycles. The highest BCUT2D eigenvalue weighted by Crippen LogP contribution is 2.43. The Balaban J connectivity index is 1.55. The third-order valence-electron chi connectivity index (χ3n) is 5.70. The summed E-state index contributed by atoms with van der Waals surface area (Å²) in [6, 6.07) is 9.63. The van der Waals surface area contributed by atoms with Crippen molar-refractivity contribution < 1.29 is 27.4 Å². The molecule has 4 rings (SSSR count). The molecular weight excluding hydrogens is 430 g/mol. The summed E-state index contributed by atoms with van der Waals surface area (Å²) in [5.41, 5.74) is -0.257. The van der Waals surface area contributed by atoms with Crippen molar-refractivity contribution in [3.05, 3.63) is 47.0 Å². The second-order valence-corrected chi connectivity index (χ2v) is 9.77. The number of methoxy groups -OCH3 is 2. The van der Waals surface area contributed by atoms with Crippen molar-refractivity contribution >= 4 is 27.4 Å². The van der Waals surface area contributed by atoms with Gasteiger partial charge in [0, 0.05) is 32.0 Å². The first-order valence-electron chi connectivity index (χ1n) is 9.52. The minimum absolute atomic E-state index is 0.0325. The molecule has 7 nitrogen and oxygen atoms in total. The number of ketones is 1. The van der Waals surface area contributed by atoms with Gasteiger partial charge in [-0.1, -0.05) is 17.7 Å². The molecule has 0 radical (unpaired) electrons. The number of Topliss-reactive ketones (excluding diaryl/α,β-unsaturated/α-hetero) is 1. The van der Waals surface area contributed by atoms with E-state index >= 15 is 0 Å². The van der Waals surface area contributed by atoms with Crippen LogP contribution in [-0.2, 0) is 10.0 Å². The van der Waals surface area contributed by atoms with Crippen molar-refractivity contribution in [3.63, 3.8) is 0 Å². The van der Waals surface area contributed by atoms with Crippen molar-refractivity contribution in [3.8, 4) is 17.2 Å². The van der Waals surface area contributed by atoms with Crippen LogP contribution in [0, 0.1) is 0 Å². The lowest BCUT2D eigenvalue weighted by Gasteiger charge is -2.43. The van der Waals surface area contributed by atoms with Crippen LogP contribution < -0.4 is 14.2 Å². The quantitative estimate of drug-likeness (QED) is 0.707. The van der Waals surface area contributed by atoms with Crippen LogP contribution in [0.2, 0.25) is 5.02 Å². The molecule has 0 unspecified atom stereocenters. The molecule has 0 aliphatic carbocycles. The van der Waals surface area contributed by atoms with E-state index < -0.39 is 15.6 Å². The molecule has 2 heterocycles. The number of piperidine rings is 1. The lowest BCUT2D eigenvalue weighted by Crippen LogP contribution is -2.52. The standard InChI is InChI=1S/C21H22ClNO6S/c1-27-18-7-6-14(12-19(18)28-2)30(25,26)23-10-8-21(9-11-23)13-17(24)15-4-3-5-16(22)20(15)29-21/h3-7,12H,8-11,13H2,1-2H3. The third-order valence-corrected chi connectivity index (χ3v) is 7.89. The normalized spacial score (nSPS) is 18.6. The Morgan fingerprint density at radius 2 is 1.77 bits per heavy atom. The molecule has 2 aromatic rings. The number of fused-ring (bicyclic) bond motifs is 1. The van der Waals surface area contributed by atoms with Crippen molar-refractivity contribution in [1.29, 1.82) is 0 Å². The fourth-order valence-corrected chi connectivity index (χ4v) is 5.68. The predicted molar refractivity (Wildman–Crippen MR) is 111 cm³/mol. The van der Waals surface area contributed by atoms with Gasteiger partial charge in [-0.25, -0.2) is 8.42 Å². The average molecular weight is 452 g/mol. The molecule has 9 heteroatoms. The molecule has 0 N–H and O–H groups in total. The minimum Gasteiger partial charge on any atom is -0.493 e. The summed E-state index contributed by atoms with van der Waals surface area (Å²) < 4.78 is 44.3. The van der Waals surface area contributed by atoms with Crippen molar-refractivity contribution in [2.45, 2.75) is 29.8 Å². The molecule has 2 aliphatic rings. The Morgan fingerprint density at radius 3 is 2.43 bits per heavy atom. The van der Waals surface area contributed by atoms with E-state index in [-0.39, 0.29) is 30.2 Å². The van der Waals surface area contributed by atoms with Gasteiger partial charge in [-0.3, -0.25) is 4.79 Å². The highest BCUT2D eigenvalue weighted by atomic mass is 35.5. The zero-order valence-corrected chi connectivity index (χ0v) is 18.3. The van der Waals surface area contributed by atoms with Crippen LogP contribution in [0.4, 0.5) is 0 Å². The monoisotopic (exact) mass is 451 g/mol. The van der Waals surface area contributed by atoms with Gasteiger partial charge < -0.3 is 14.2 Å². The van der Waals surface area contributed by atoms with E-state index in [0.29, 0.717) is 40.7 Å². The summed E-state index contributed by atoms with van der Waals surface area (Å²) in [5.74, 6) is 1.17. The van der Waals surface area contributed by atoms with Gasteiger partial charge in [0.2, 0.25) is 10.0 Å². The maximum Gasteiger partial charge on any atom is 0.243 e. The molecule has 1 fully saturated rings. The predicted octanol–water partition coefficient (Wildman–Crippen LogP) is 3.55. The zero-order chi connectivity index (χ0) is 21.5. The minimum atomic E-state index is -3.73. The topological polar surface area (TPSA) is 82.1 Å². The fourth-order valence-electron chi connectivity index (χ4n) is 4.01. The van der Waals surface area contributed by atoms with Gasteiger partial charge in [0.1, 0.15) is 11.4 Å². The van der Waals surface area contributed by atoms with Crippen molar-refractivity contribution in [2.75, 3.05) is 27.3 Å². The van der Waals surface area contributed by atoms with Crippen LogP contribution in [0.25, 0.3) is 0 Å². The molecule has 0 aromatic heterocycles. The maximum absolute atomic E-state index is 13.1. The number of carbonyl (C=O) groups is 1. The highest BCUT2D eigenvalue weighted by Gasteiger charge is 2.45. The van der Waals surface area contributed by atoms with Gasteiger partial charge in [0.05, 0.1) is 36.1 Å². The van der Waals surface area contributed by atoms with Gasteiger partial charge in [-0.05, 0) is 24.3 Å². The van der Waals surface area contributed by atoms with E-state index in [1.54, 1.807) is 24.3 Å². The molecule has 30 heavy (non-hydrogen) atoms. The summed E-state index contributed by atoms with van der Waals surface area (Å²) in [4.78, 5) is 12.8. The molecule has 1 spiro atoms. The highest BCUT2D eigenvalue weighted by molar-refractivity contribution is 7.89. The number of ether oxygens (including phenoxy) is 3. The van der Waals surface area contributed by atoms with E-state index in [2.05, 4.69) is 0 Å². The lowest BCUT2D eigenvalue weighted by molar-refractivity contribution is 0.00598. The zero-order valence-electron chi connectivity index (χ0n) is 16.7. The number of para-hydroxylation sites is 1. The molecule has 0 amide bonds. The second kappa shape index (κ2) is 7.76. The Bertz CT molecular complexity index is 1090. The first kappa shape index (κ1) is 21.0. The lowest BCUT2D eigenvalue weighted by atomic mass is 9.83. The number of hydrogen-bond acceptors (Lipinski definition) is 6. The average Bonchev–Trinajstić information content (AvgIpc) is 2.74. The number of hydrogen-bond donors (Lipinski definition) is 0. The Hall–Kier alpha value is -2.29. The van der Waals surface area contributed by atoms with Gasteiger partial charge >= 0.3 is 0 Å². The summed E-state index contributed by atoms with van der Waals surface area (Å²) >= 11 is 6.24. The van der Waals surface area contributed by atoms with Crippen molar-refractivity contribution in [2.24, 2.45) is 0 Å². The molecule has 1 saturated heterocycles. The smallest absolute Gasteiger partial charge is 0.243 e. The molecule has 0 atom stereocenters. The number of carbonyl (C=O) groups excluding carboxylic acids is 1. The van der Waals surface area contributed by atoms with Crippen molar-refractivity contribution in [1.82, 2.24) is 4.31 Å². The number of sulfonamides is 1. The van der Waals surface area contributed by atoms with Crippen LogP contribution in [0.5, 0.6) is 17.2 Å². The summed E-state index contributed by atoms with van der Waals surface area (Å²) in [5, 5.41) is 0.389. The Kier molecular flexibility index (Phi) is 5.42. The van der Waals surface area contributed by atoms with E-state index in [0.717, 1.165) is 0 Å². The van der Waals surface area contributed by atoms with Crippen LogP contribution in [0.3, 0.4) is 0 Å². The van der Waals surface area contributed by atoms with Gasteiger partial charge in [0.25, 0.3) is 0 Å². The van der Waals surface area contributed by atoms with Crippen LogP contribution in [-0.4, -0.2) is 51.4 Å². The third kappa shape index (κ3) is 3.53. The fraction of sp³-hybridized carbons (Fsp3) is 0.381. The number of benzene rings is 2. The SMILES string of the molecule is COc1ccc(S(=O)(=O)N2CCC3(CC2)CC(=O)c2cccc(Cl)c2O3)cc1OC. The maximum atomic E-state index is 13.1. The number of halogens is 1. The Morgan fingerprint density at radius 1 is 1.07 bits per heavy atom. The summed E-state index contributed by atoms with van der Waals surface area (Å²) in [6.07, 6.45) is 1.01. The Labute approximate surface area is 180 Å². The molecular formula is C21H22ClNO6S. The summed E-state index contributed by atoms with van der Waals surface area (Å²) in [6.45, 7) is 0.480. The first-order valence-corrected chi connectivity index (χ1v) is 11.3. The van der Waals surface area contributed by atoms with Crippen LogP contribution >= 0.6 is 11.6 Å². The summed E-state index contributed by atoms with van der Waals surface area (Å²) in [7, 11) is -0.776. The number of rotatable bonds is 4. The molecule has 2 aliphatic heterocycles. The molecule has 0 bridgehead atoms. The van der Waals surface area contributed by atoms with E-state index in [9.17, 15) is 13.2 Å². The first-order chi connectivity index (χ1) is 14.3. The second-order valence-electron chi connectivity index (χ2n) is 7.42. The van der Waals surface area contributed by atoms with Crippen LogP contribution in [0.1, 0.15) is 29.6 Å². The van der Waals surface area contributed by atoms with E-state index in [1.807, 2.05) is 0 Å².